The number of nitrogens with zero attached hydrogens (tertiary/aromatic N) is 5. The lowest BCUT2D eigenvalue weighted by Gasteiger charge is -2.49. The predicted molar refractivity (Wildman–Crippen MR) is 183 cm³/mol. The van der Waals surface area contributed by atoms with E-state index in [1.807, 2.05) is 24.3 Å². The van der Waals surface area contributed by atoms with Gasteiger partial charge in [0.15, 0.2) is 11.6 Å². The smallest absolute Gasteiger partial charge is 0.475 e. The molecule has 3 aromatic carbocycles. The van der Waals surface area contributed by atoms with Gasteiger partial charge in [-0.25, -0.2) is 18.6 Å². The number of anilines is 2. The highest BCUT2D eigenvalue weighted by molar-refractivity contribution is 7.90. The Balaban J connectivity index is 0.000000626. The molecule has 1 atom stereocenters. The molecule has 4 aromatic rings. The molecule has 3 aliphatic heterocycles. The van der Waals surface area contributed by atoms with Crippen molar-refractivity contribution in [3.8, 4) is 23.3 Å². The van der Waals surface area contributed by atoms with Crippen molar-refractivity contribution in [3.05, 3.63) is 82.7 Å². The fourth-order valence-corrected chi connectivity index (χ4v) is 7.61. The Morgan fingerprint density at radius 1 is 1.06 bits per heavy atom. The molecule has 1 aromatic heterocycles. The van der Waals surface area contributed by atoms with Gasteiger partial charge in [-0.05, 0) is 79.3 Å². The molecule has 3 fully saturated rings. The van der Waals surface area contributed by atoms with E-state index in [-0.39, 0.29) is 41.9 Å². The summed E-state index contributed by atoms with van der Waals surface area (Å²) in [5.41, 5.74) is 1.55. The molecule has 3 aliphatic rings. The van der Waals surface area contributed by atoms with Crippen molar-refractivity contribution in [1.82, 2.24) is 19.2 Å². The number of ether oxygens (including phenoxy) is 1. The first kappa shape index (κ1) is 37.4. The topological polar surface area (TPSA) is 170 Å². The van der Waals surface area contributed by atoms with Crippen LogP contribution in [0.2, 0.25) is 0 Å². The van der Waals surface area contributed by atoms with E-state index in [1.165, 1.54) is 29.1 Å². The van der Waals surface area contributed by atoms with Crippen LogP contribution >= 0.6 is 0 Å². The molecular weight excluding hydrogens is 729 g/mol. The number of carboxylic acids is 1. The van der Waals surface area contributed by atoms with Crippen LogP contribution in [0.25, 0.3) is 16.6 Å². The number of piperidine rings is 1. The van der Waals surface area contributed by atoms with Crippen molar-refractivity contribution in [3.63, 3.8) is 0 Å². The van der Waals surface area contributed by atoms with Gasteiger partial charge in [-0.3, -0.25) is 14.1 Å². The van der Waals surface area contributed by atoms with Gasteiger partial charge in [0.2, 0.25) is 0 Å². The maximum atomic E-state index is 15.0. The monoisotopic (exact) mass is 761 g/mol. The minimum absolute atomic E-state index is 0.0210. The van der Waals surface area contributed by atoms with Crippen molar-refractivity contribution in [2.45, 2.75) is 31.6 Å². The van der Waals surface area contributed by atoms with E-state index in [0.29, 0.717) is 16.6 Å². The quantitative estimate of drug-likeness (QED) is 0.224. The number of halogens is 5. The summed E-state index contributed by atoms with van der Waals surface area (Å²) in [6, 6.07) is 16.0. The fourth-order valence-electron chi connectivity index (χ4n) is 6.32. The largest absolute Gasteiger partial charge is 0.490 e. The summed E-state index contributed by atoms with van der Waals surface area (Å²) in [5, 5.41) is 20.6. The third-order valence-corrected chi connectivity index (χ3v) is 10.9. The third-order valence-electron chi connectivity index (χ3n) is 9.40. The van der Waals surface area contributed by atoms with E-state index < -0.39 is 45.7 Å². The highest BCUT2D eigenvalue weighted by Gasteiger charge is 2.40. The Labute approximate surface area is 299 Å². The van der Waals surface area contributed by atoms with Crippen LogP contribution in [0.4, 0.5) is 33.3 Å². The summed E-state index contributed by atoms with van der Waals surface area (Å²) in [6.07, 6.45) is -2.56. The van der Waals surface area contributed by atoms with Gasteiger partial charge in [-0.1, -0.05) is 0 Å². The third kappa shape index (κ3) is 8.04. The van der Waals surface area contributed by atoms with Crippen molar-refractivity contribution in [2.24, 2.45) is 5.41 Å². The Morgan fingerprint density at radius 2 is 1.72 bits per heavy atom. The average molecular weight is 762 g/mol. The summed E-state index contributed by atoms with van der Waals surface area (Å²) >= 11 is 0. The fraction of sp³-hybridized carbons (Fsp3) is 0.353. The van der Waals surface area contributed by atoms with Crippen LogP contribution in [0, 0.1) is 22.6 Å². The molecule has 0 saturated carbocycles. The standard InChI is InChI=1S/C32H31F2N7O4S.C2HF3O2/c33-21-9-12-40(17-21)46(43,44)38-29-8-6-27(34)30(26(29)16-35)45-24-5-7-28-25(15-24)31(42)41(20-37-28)23-3-1-22(2-4-23)39-13-10-32(11-14-39)18-36-19-32;3-2(4,5)1(6)7/h1-8,15,20-21,36,38H,9-14,17-19H2;(H,6,7)/t21-;/m1./s1. The molecule has 13 nitrogen and oxygen atoms in total. The van der Waals surface area contributed by atoms with Gasteiger partial charge < -0.3 is 20.1 Å². The second-order valence-corrected chi connectivity index (χ2v) is 14.5. The highest BCUT2D eigenvalue weighted by atomic mass is 32.2. The van der Waals surface area contributed by atoms with Crippen LogP contribution in [-0.2, 0) is 15.0 Å². The first-order chi connectivity index (χ1) is 25.1. The number of alkyl halides is 4. The number of carboxylic acid groups (broad SMARTS) is 1. The van der Waals surface area contributed by atoms with E-state index >= 15 is 0 Å². The predicted octanol–water partition coefficient (Wildman–Crippen LogP) is 4.71. The van der Waals surface area contributed by atoms with Crippen LogP contribution in [0.15, 0.2) is 65.7 Å². The Morgan fingerprint density at radius 3 is 2.28 bits per heavy atom. The van der Waals surface area contributed by atoms with Crippen LogP contribution in [0.5, 0.6) is 11.5 Å². The van der Waals surface area contributed by atoms with E-state index in [9.17, 15) is 40.4 Å². The van der Waals surface area contributed by atoms with Crippen LogP contribution in [0.3, 0.4) is 0 Å². The molecule has 7 rings (SSSR count). The molecule has 280 valence electrons. The van der Waals surface area contributed by atoms with Crippen LogP contribution in [-0.4, -0.2) is 85.0 Å². The minimum atomic E-state index is -5.08. The van der Waals surface area contributed by atoms with E-state index in [1.54, 1.807) is 6.07 Å². The Hall–Kier alpha value is -5.32. The van der Waals surface area contributed by atoms with Crippen molar-refractivity contribution in [1.29, 1.82) is 5.26 Å². The zero-order valence-corrected chi connectivity index (χ0v) is 28.6. The van der Waals surface area contributed by atoms with Crippen molar-refractivity contribution >= 4 is 38.5 Å². The molecule has 53 heavy (non-hydrogen) atoms. The van der Waals surface area contributed by atoms with Crippen molar-refractivity contribution in [2.75, 3.05) is 48.9 Å². The molecule has 0 amide bonds. The van der Waals surface area contributed by atoms with Crippen LogP contribution < -0.4 is 25.2 Å². The normalized spacial score (nSPS) is 18.5. The molecular formula is C34H32F5N7O6S. The zero-order chi connectivity index (χ0) is 38.1. The van der Waals surface area contributed by atoms with Gasteiger partial charge in [-0.2, -0.15) is 31.2 Å². The van der Waals surface area contributed by atoms with E-state index in [4.69, 9.17) is 14.6 Å². The maximum absolute atomic E-state index is 15.0. The second-order valence-electron chi connectivity index (χ2n) is 12.9. The SMILES string of the molecule is N#Cc1c(NS(=O)(=O)N2CC[C@@H](F)C2)ccc(F)c1Oc1ccc2ncn(-c3ccc(N4CCC5(CC4)CNC5)cc3)c(=O)c2c1.O=C(O)C(F)(F)F. The van der Waals surface area contributed by atoms with E-state index in [2.05, 4.69) is 19.9 Å². The van der Waals surface area contributed by atoms with Gasteiger partial charge in [-0.15, -0.1) is 0 Å². The summed E-state index contributed by atoms with van der Waals surface area (Å²) in [7, 11) is -4.20. The lowest BCUT2D eigenvalue weighted by atomic mass is 9.73. The molecule has 0 radical (unpaired) electrons. The molecule has 4 heterocycles. The number of hydrogen-bond acceptors (Lipinski definition) is 9. The average Bonchev–Trinajstić information content (AvgIpc) is 3.57. The first-order valence-electron chi connectivity index (χ1n) is 16.3. The maximum Gasteiger partial charge on any atom is 0.490 e. The Kier molecular flexibility index (Phi) is 10.3. The number of aliphatic carboxylic acids is 1. The minimum Gasteiger partial charge on any atom is -0.475 e. The highest BCUT2D eigenvalue weighted by Crippen LogP contribution is 2.37. The van der Waals surface area contributed by atoms with Gasteiger partial charge >= 0.3 is 22.4 Å². The van der Waals surface area contributed by atoms with Gasteiger partial charge in [0.05, 0.1) is 22.3 Å². The molecule has 3 N–H and O–H groups in total. The van der Waals surface area contributed by atoms with E-state index in [0.717, 1.165) is 61.1 Å². The summed E-state index contributed by atoms with van der Waals surface area (Å²) in [6.45, 7) is 3.83. The number of nitriles is 1. The second kappa shape index (κ2) is 14.6. The Bertz CT molecular complexity index is 2230. The van der Waals surface area contributed by atoms with Gasteiger partial charge in [0.1, 0.15) is 29.9 Å². The molecule has 0 aliphatic carbocycles. The van der Waals surface area contributed by atoms with Gasteiger partial charge in [0, 0.05) is 45.0 Å². The summed E-state index contributed by atoms with van der Waals surface area (Å²) in [5.74, 6) is -4.16. The molecule has 19 heteroatoms. The molecule has 0 bridgehead atoms. The number of hydrogen-bond donors (Lipinski definition) is 3. The van der Waals surface area contributed by atoms with Gasteiger partial charge in [0.25, 0.3) is 5.56 Å². The summed E-state index contributed by atoms with van der Waals surface area (Å²) < 4.78 is 96.3. The summed E-state index contributed by atoms with van der Waals surface area (Å²) in [4.78, 5) is 29.3. The molecule has 1 spiro atoms. The number of rotatable bonds is 7. The zero-order valence-electron chi connectivity index (χ0n) is 27.7. The number of nitrogens with one attached hydrogen (secondary N) is 2. The lowest BCUT2D eigenvalue weighted by Crippen LogP contribution is -2.58. The number of benzene rings is 3. The molecule has 3 saturated heterocycles. The first-order valence-corrected chi connectivity index (χ1v) is 17.7. The van der Waals surface area contributed by atoms with Crippen molar-refractivity contribution < 1.29 is 45.0 Å². The number of carbonyl (C=O) groups is 1. The number of fused-ring (bicyclic) bond motifs is 1. The number of aromatic nitrogens is 2. The van der Waals surface area contributed by atoms with Crippen LogP contribution in [0.1, 0.15) is 24.8 Å². The molecule has 0 unspecified atom stereocenters. The lowest BCUT2D eigenvalue weighted by molar-refractivity contribution is -0.192.